The SMILES string of the molecule is NN=C(C=NCCCCCCOc1ccccc1-c1ccc(C(=O)O)cc1)c1cccnc1. The molecule has 0 spiro atoms. The number of hydrogen-bond acceptors (Lipinski definition) is 6. The molecule has 170 valence electrons. The average molecular weight is 445 g/mol. The number of rotatable bonds is 12. The Kier molecular flexibility index (Phi) is 9.15. The van der Waals surface area contributed by atoms with Crippen molar-refractivity contribution in [2.75, 3.05) is 13.2 Å². The molecule has 0 aliphatic carbocycles. The van der Waals surface area contributed by atoms with Gasteiger partial charge >= 0.3 is 5.97 Å². The molecule has 3 aromatic rings. The second kappa shape index (κ2) is 12.8. The zero-order valence-electron chi connectivity index (χ0n) is 18.4. The third kappa shape index (κ3) is 7.28. The van der Waals surface area contributed by atoms with Crippen molar-refractivity contribution in [1.29, 1.82) is 0 Å². The van der Waals surface area contributed by atoms with Gasteiger partial charge in [-0.2, -0.15) is 5.10 Å². The number of unbranched alkanes of at least 4 members (excludes halogenated alkanes) is 3. The molecular formula is C26H28N4O3. The molecule has 2 aromatic carbocycles. The summed E-state index contributed by atoms with van der Waals surface area (Å²) in [5.41, 5.74) is 3.62. The summed E-state index contributed by atoms with van der Waals surface area (Å²) in [6, 6.07) is 18.4. The van der Waals surface area contributed by atoms with Crippen LogP contribution in [0.15, 0.2) is 83.2 Å². The molecule has 1 aromatic heterocycles. The Morgan fingerprint density at radius 1 is 0.970 bits per heavy atom. The minimum Gasteiger partial charge on any atom is -0.493 e. The predicted octanol–water partition coefficient (Wildman–Crippen LogP) is 4.82. The highest BCUT2D eigenvalue weighted by Crippen LogP contribution is 2.30. The predicted molar refractivity (Wildman–Crippen MR) is 131 cm³/mol. The van der Waals surface area contributed by atoms with E-state index in [1.807, 2.05) is 36.4 Å². The summed E-state index contributed by atoms with van der Waals surface area (Å²) < 4.78 is 6.01. The molecular weight excluding hydrogens is 416 g/mol. The Hall–Kier alpha value is -4.00. The van der Waals surface area contributed by atoms with E-state index in [9.17, 15) is 4.79 Å². The Morgan fingerprint density at radius 3 is 2.48 bits per heavy atom. The van der Waals surface area contributed by atoms with Gasteiger partial charge in [0.2, 0.25) is 0 Å². The molecule has 0 aliphatic heterocycles. The van der Waals surface area contributed by atoms with Crippen LogP contribution in [0.1, 0.15) is 41.6 Å². The topological polar surface area (TPSA) is 110 Å². The Balaban J connectivity index is 1.38. The van der Waals surface area contributed by atoms with E-state index in [0.29, 0.717) is 12.3 Å². The average Bonchev–Trinajstić information content (AvgIpc) is 2.86. The number of aliphatic imine (C=N–C) groups is 1. The molecule has 0 bridgehead atoms. The first-order valence-electron chi connectivity index (χ1n) is 10.9. The largest absolute Gasteiger partial charge is 0.493 e. The fourth-order valence-corrected chi connectivity index (χ4v) is 3.31. The van der Waals surface area contributed by atoms with Crippen molar-refractivity contribution in [2.24, 2.45) is 15.9 Å². The molecule has 7 heteroatoms. The smallest absolute Gasteiger partial charge is 0.335 e. The summed E-state index contributed by atoms with van der Waals surface area (Å²) in [7, 11) is 0. The van der Waals surface area contributed by atoms with E-state index in [-0.39, 0.29) is 5.56 Å². The molecule has 0 unspecified atom stereocenters. The number of aromatic carboxylic acids is 1. The molecule has 0 amide bonds. The van der Waals surface area contributed by atoms with Crippen molar-refractivity contribution in [3.63, 3.8) is 0 Å². The highest BCUT2D eigenvalue weighted by Gasteiger charge is 2.08. The summed E-state index contributed by atoms with van der Waals surface area (Å²) in [5.74, 6) is 5.31. The molecule has 3 N–H and O–H groups in total. The van der Waals surface area contributed by atoms with Crippen molar-refractivity contribution in [1.82, 2.24) is 4.98 Å². The van der Waals surface area contributed by atoms with Crippen LogP contribution in [-0.2, 0) is 0 Å². The van der Waals surface area contributed by atoms with Crippen molar-refractivity contribution in [2.45, 2.75) is 25.7 Å². The number of ether oxygens (including phenoxy) is 1. The van der Waals surface area contributed by atoms with Crippen LogP contribution in [0.5, 0.6) is 5.75 Å². The molecule has 0 saturated carbocycles. The number of carboxylic acids is 1. The zero-order valence-corrected chi connectivity index (χ0v) is 18.4. The molecule has 1 heterocycles. The van der Waals surface area contributed by atoms with Gasteiger partial charge < -0.3 is 15.7 Å². The number of pyridine rings is 1. The minimum atomic E-state index is -0.932. The lowest BCUT2D eigenvalue weighted by Crippen LogP contribution is -2.06. The Bertz CT molecular complexity index is 1080. The highest BCUT2D eigenvalue weighted by molar-refractivity contribution is 6.38. The quantitative estimate of drug-likeness (QED) is 0.180. The van der Waals surface area contributed by atoms with Crippen molar-refractivity contribution >= 4 is 17.9 Å². The second-order valence-electron chi connectivity index (χ2n) is 7.43. The van der Waals surface area contributed by atoms with E-state index in [0.717, 1.165) is 54.7 Å². The molecule has 0 radical (unpaired) electrons. The van der Waals surface area contributed by atoms with E-state index in [1.165, 1.54) is 0 Å². The van der Waals surface area contributed by atoms with Gasteiger partial charge in [0.1, 0.15) is 11.5 Å². The van der Waals surface area contributed by atoms with Crippen molar-refractivity contribution < 1.29 is 14.6 Å². The number of benzene rings is 2. The number of hydrazone groups is 1. The Morgan fingerprint density at radius 2 is 1.76 bits per heavy atom. The molecule has 7 nitrogen and oxygen atoms in total. The summed E-state index contributed by atoms with van der Waals surface area (Å²) in [4.78, 5) is 19.5. The molecule has 0 fully saturated rings. The fraction of sp³-hybridized carbons (Fsp3) is 0.231. The number of para-hydroxylation sites is 1. The molecule has 33 heavy (non-hydrogen) atoms. The maximum Gasteiger partial charge on any atom is 0.335 e. The lowest BCUT2D eigenvalue weighted by atomic mass is 10.0. The van der Waals surface area contributed by atoms with Crippen LogP contribution in [0.2, 0.25) is 0 Å². The van der Waals surface area contributed by atoms with Crippen LogP contribution in [0, 0.1) is 0 Å². The van der Waals surface area contributed by atoms with Crippen molar-refractivity contribution in [3.05, 3.63) is 84.2 Å². The van der Waals surface area contributed by atoms with Gasteiger partial charge in [0, 0.05) is 36.3 Å². The first kappa shape index (κ1) is 23.7. The third-order valence-electron chi connectivity index (χ3n) is 5.08. The van der Waals surface area contributed by atoms with Crippen molar-refractivity contribution in [3.8, 4) is 16.9 Å². The summed E-state index contributed by atoms with van der Waals surface area (Å²) in [6.07, 6.45) is 9.14. The number of carboxylic acid groups (broad SMARTS) is 1. The maximum atomic E-state index is 11.1. The van der Waals surface area contributed by atoms with Crippen LogP contribution >= 0.6 is 0 Å². The Labute approximate surface area is 193 Å². The first-order valence-corrected chi connectivity index (χ1v) is 10.9. The highest BCUT2D eigenvalue weighted by atomic mass is 16.5. The third-order valence-corrected chi connectivity index (χ3v) is 5.08. The summed E-state index contributed by atoms with van der Waals surface area (Å²) >= 11 is 0. The minimum absolute atomic E-state index is 0.269. The number of carbonyl (C=O) groups is 1. The van der Waals surface area contributed by atoms with E-state index >= 15 is 0 Å². The molecule has 0 saturated heterocycles. The van der Waals surface area contributed by atoms with Gasteiger partial charge in [0.05, 0.1) is 12.2 Å². The number of nitrogens with two attached hydrogens (primary N) is 1. The van der Waals surface area contributed by atoms with E-state index in [4.69, 9.17) is 15.7 Å². The molecule has 0 aliphatic rings. The number of nitrogens with zero attached hydrogens (tertiary/aromatic N) is 3. The van der Waals surface area contributed by atoms with Crippen LogP contribution in [0.3, 0.4) is 0 Å². The van der Waals surface area contributed by atoms with Gasteiger partial charge in [-0.1, -0.05) is 36.8 Å². The van der Waals surface area contributed by atoms with E-state index < -0.39 is 5.97 Å². The van der Waals surface area contributed by atoms with Crippen LogP contribution in [-0.4, -0.2) is 41.1 Å². The number of aromatic nitrogens is 1. The zero-order chi connectivity index (χ0) is 23.3. The van der Waals surface area contributed by atoms with Crippen LogP contribution in [0.4, 0.5) is 0 Å². The van der Waals surface area contributed by atoms with Gasteiger partial charge in [-0.3, -0.25) is 9.98 Å². The van der Waals surface area contributed by atoms with E-state index in [2.05, 4.69) is 15.1 Å². The molecule has 3 rings (SSSR count). The standard InChI is InChI=1S/C26H28N4O3/c27-30-24(22-8-7-16-28-18-22)19-29-15-5-1-2-6-17-33-25-10-4-3-9-23(25)20-11-13-21(14-12-20)26(31)32/h3-4,7-14,16,18-19H,1-2,5-6,15,17,27H2,(H,31,32). The summed E-state index contributed by atoms with van der Waals surface area (Å²) in [5, 5.41) is 12.8. The van der Waals surface area contributed by atoms with Gasteiger partial charge in [0.25, 0.3) is 0 Å². The lowest BCUT2D eigenvalue weighted by molar-refractivity contribution is 0.0697. The van der Waals surface area contributed by atoms with Gasteiger partial charge in [-0.05, 0) is 55.2 Å². The van der Waals surface area contributed by atoms with Crippen LogP contribution in [0.25, 0.3) is 11.1 Å². The van der Waals surface area contributed by atoms with E-state index in [1.54, 1.807) is 42.9 Å². The van der Waals surface area contributed by atoms with Gasteiger partial charge in [0.15, 0.2) is 0 Å². The summed E-state index contributed by atoms with van der Waals surface area (Å²) in [6.45, 7) is 1.34. The fourth-order valence-electron chi connectivity index (χ4n) is 3.31. The second-order valence-corrected chi connectivity index (χ2v) is 7.43. The van der Waals surface area contributed by atoms with Crippen LogP contribution < -0.4 is 10.6 Å². The van der Waals surface area contributed by atoms with Gasteiger partial charge in [-0.25, -0.2) is 4.79 Å². The molecule has 0 atom stereocenters. The van der Waals surface area contributed by atoms with Gasteiger partial charge in [-0.15, -0.1) is 0 Å². The normalized spacial score (nSPS) is 11.6. The monoisotopic (exact) mass is 444 g/mol. The maximum absolute atomic E-state index is 11.1. The lowest BCUT2D eigenvalue weighted by Gasteiger charge is -2.12. The first-order chi connectivity index (χ1) is 16.2. The number of hydrogen-bond donors (Lipinski definition) is 2.